The average Bonchev–Trinajstić information content (AvgIpc) is 3.17. The van der Waals surface area contributed by atoms with Gasteiger partial charge in [-0.25, -0.2) is 4.79 Å². The van der Waals surface area contributed by atoms with Crippen LogP contribution in [0.2, 0.25) is 0 Å². The molecule has 0 N–H and O–H groups in total. The van der Waals surface area contributed by atoms with Gasteiger partial charge in [-0.2, -0.15) is 0 Å². The molecule has 0 aliphatic rings. The smallest absolute Gasteiger partial charge is 0.338 e. The molecule has 0 aliphatic carbocycles. The molecule has 0 radical (unpaired) electrons. The number of carbonyl (C=O) groups excluding carboxylic acids is 1. The number of esters is 1. The molecule has 5 rings (SSSR count). The molecule has 0 amide bonds. The Hall–Kier alpha value is -3.37. The lowest BCUT2D eigenvalue weighted by Crippen LogP contribution is -2.04. The molecule has 0 atom stereocenters. The Labute approximate surface area is 182 Å². The zero-order valence-electron chi connectivity index (χ0n) is 16.2. The van der Waals surface area contributed by atoms with Crippen LogP contribution >= 0.6 is 15.9 Å². The molecule has 0 unspecified atom stereocenters. The Morgan fingerprint density at radius 1 is 0.767 bits per heavy atom. The van der Waals surface area contributed by atoms with Gasteiger partial charge in [0.2, 0.25) is 0 Å². The number of carbonyl (C=O) groups is 1. The molecule has 1 aromatic heterocycles. The number of rotatable bonds is 3. The van der Waals surface area contributed by atoms with E-state index in [9.17, 15) is 4.79 Å². The maximum Gasteiger partial charge on any atom is 0.338 e. The van der Waals surface area contributed by atoms with E-state index in [0.717, 1.165) is 48.7 Å². The quantitative estimate of drug-likeness (QED) is 0.264. The highest BCUT2D eigenvalue weighted by Crippen LogP contribution is 2.40. The molecule has 3 nitrogen and oxygen atoms in total. The number of hydrogen-bond donors (Lipinski definition) is 0. The normalized spacial score (nSPS) is 11.1. The van der Waals surface area contributed by atoms with Crippen LogP contribution in [0.3, 0.4) is 0 Å². The molecule has 0 saturated heterocycles. The topological polar surface area (TPSA) is 39.4 Å². The third-order valence-electron chi connectivity index (χ3n) is 5.30. The minimum Gasteiger partial charge on any atom is -0.465 e. The lowest BCUT2D eigenvalue weighted by molar-refractivity contribution is 0.0601. The van der Waals surface area contributed by atoms with E-state index < -0.39 is 0 Å². The van der Waals surface area contributed by atoms with Crippen LogP contribution in [0.4, 0.5) is 0 Å². The number of halogens is 1. The first-order valence-electron chi connectivity index (χ1n) is 9.55. The SMILES string of the molecule is COC(=O)c1cc(Br)ccc1-c1ccccc1-c1cccc2c1oc1ccccc12. The fraction of sp³-hybridized carbons (Fsp3) is 0.0385. The number of fused-ring (bicyclic) bond motifs is 3. The Morgan fingerprint density at radius 3 is 2.23 bits per heavy atom. The standard InChI is InChI=1S/C26H17BrO3/c1-29-26(28)23-15-16(27)13-14-19(23)17-7-2-3-8-18(17)21-10-6-11-22-20-9-4-5-12-24(20)30-25(21)22/h2-15H,1H3. The number of methoxy groups -OCH3 is 1. The highest BCUT2D eigenvalue weighted by atomic mass is 79.9. The molecule has 1 heterocycles. The monoisotopic (exact) mass is 456 g/mol. The van der Waals surface area contributed by atoms with Crippen LogP contribution in [-0.2, 0) is 4.74 Å². The third-order valence-corrected chi connectivity index (χ3v) is 5.79. The molecule has 0 fully saturated rings. The van der Waals surface area contributed by atoms with E-state index in [1.807, 2.05) is 54.6 Å². The van der Waals surface area contributed by atoms with E-state index >= 15 is 0 Å². The van der Waals surface area contributed by atoms with Crippen LogP contribution in [-0.4, -0.2) is 13.1 Å². The fourth-order valence-corrected chi connectivity index (χ4v) is 4.30. The Balaban J connectivity index is 1.80. The second kappa shape index (κ2) is 7.47. The molecule has 30 heavy (non-hydrogen) atoms. The Bertz CT molecular complexity index is 1410. The average molecular weight is 457 g/mol. The number of para-hydroxylation sites is 2. The lowest BCUT2D eigenvalue weighted by atomic mass is 9.91. The first-order chi connectivity index (χ1) is 14.7. The van der Waals surface area contributed by atoms with Gasteiger partial charge in [0.05, 0.1) is 12.7 Å². The molecule has 0 aliphatic heterocycles. The van der Waals surface area contributed by atoms with Gasteiger partial charge in [-0.05, 0) is 34.9 Å². The summed E-state index contributed by atoms with van der Waals surface area (Å²) in [6.45, 7) is 0. The Morgan fingerprint density at radius 2 is 1.43 bits per heavy atom. The number of hydrogen-bond acceptors (Lipinski definition) is 3. The highest BCUT2D eigenvalue weighted by Gasteiger charge is 2.19. The fourth-order valence-electron chi connectivity index (χ4n) is 3.94. The van der Waals surface area contributed by atoms with Crippen molar-refractivity contribution in [2.24, 2.45) is 0 Å². The summed E-state index contributed by atoms with van der Waals surface area (Å²) in [6.07, 6.45) is 0. The summed E-state index contributed by atoms with van der Waals surface area (Å²) >= 11 is 3.46. The van der Waals surface area contributed by atoms with Gasteiger partial charge < -0.3 is 9.15 Å². The van der Waals surface area contributed by atoms with E-state index in [-0.39, 0.29) is 5.97 Å². The summed E-state index contributed by atoms with van der Waals surface area (Å²) in [5, 5.41) is 2.16. The van der Waals surface area contributed by atoms with E-state index in [1.165, 1.54) is 7.11 Å². The molecule has 0 bridgehead atoms. The van der Waals surface area contributed by atoms with Crippen molar-refractivity contribution in [1.82, 2.24) is 0 Å². The highest BCUT2D eigenvalue weighted by molar-refractivity contribution is 9.10. The van der Waals surface area contributed by atoms with Crippen LogP contribution in [0.5, 0.6) is 0 Å². The maximum atomic E-state index is 12.5. The first-order valence-corrected chi connectivity index (χ1v) is 10.3. The van der Waals surface area contributed by atoms with Crippen molar-refractivity contribution < 1.29 is 13.9 Å². The van der Waals surface area contributed by atoms with Gasteiger partial charge in [-0.1, -0.05) is 82.7 Å². The van der Waals surface area contributed by atoms with E-state index in [1.54, 1.807) is 6.07 Å². The van der Waals surface area contributed by atoms with Gasteiger partial charge in [0, 0.05) is 20.8 Å². The minimum atomic E-state index is -0.372. The molecular weight excluding hydrogens is 440 g/mol. The van der Waals surface area contributed by atoms with Gasteiger partial charge in [0.25, 0.3) is 0 Å². The van der Waals surface area contributed by atoms with Crippen molar-refractivity contribution in [1.29, 1.82) is 0 Å². The number of ether oxygens (including phenoxy) is 1. The van der Waals surface area contributed by atoms with Gasteiger partial charge in [0.15, 0.2) is 0 Å². The largest absolute Gasteiger partial charge is 0.465 e. The predicted octanol–water partition coefficient (Wildman–Crippen LogP) is 7.47. The molecule has 0 saturated carbocycles. The lowest BCUT2D eigenvalue weighted by Gasteiger charge is -2.14. The van der Waals surface area contributed by atoms with Crippen LogP contribution in [0.25, 0.3) is 44.2 Å². The van der Waals surface area contributed by atoms with Gasteiger partial charge in [-0.15, -0.1) is 0 Å². The summed E-state index contributed by atoms with van der Waals surface area (Å²) in [4.78, 5) is 12.5. The zero-order chi connectivity index (χ0) is 20.7. The van der Waals surface area contributed by atoms with Gasteiger partial charge in [0.1, 0.15) is 11.2 Å². The molecular formula is C26H17BrO3. The van der Waals surface area contributed by atoms with E-state index in [0.29, 0.717) is 5.56 Å². The predicted molar refractivity (Wildman–Crippen MR) is 124 cm³/mol. The van der Waals surface area contributed by atoms with E-state index in [4.69, 9.17) is 9.15 Å². The van der Waals surface area contributed by atoms with E-state index in [2.05, 4.69) is 40.2 Å². The van der Waals surface area contributed by atoms with Gasteiger partial charge >= 0.3 is 5.97 Å². The minimum absolute atomic E-state index is 0.372. The maximum absolute atomic E-state index is 12.5. The van der Waals surface area contributed by atoms with Crippen molar-refractivity contribution in [2.45, 2.75) is 0 Å². The van der Waals surface area contributed by atoms with Crippen molar-refractivity contribution in [3.63, 3.8) is 0 Å². The molecule has 146 valence electrons. The van der Waals surface area contributed by atoms with Crippen molar-refractivity contribution in [3.05, 3.63) is 95.0 Å². The van der Waals surface area contributed by atoms with Crippen molar-refractivity contribution in [3.8, 4) is 22.3 Å². The van der Waals surface area contributed by atoms with Crippen molar-refractivity contribution >= 4 is 43.8 Å². The van der Waals surface area contributed by atoms with Crippen LogP contribution in [0.1, 0.15) is 10.4 Å². The third kappa shape index (κ3) is 3.01. The molecule has 4 aromatic carbocycles. The van der Waals surface area contributed by atoms with Crippen LogP contribution in [0.15, 0.2) is 93.8 Å². The molecule has 4 heteroatoms. The summed E-state index contributed by atoms with van der Waals surface area (Å²) in [6, 6.07) is 27.9. The van der Waals surface area contributed by atoms with Crippen LogP contribution < -0.4 is 0 Å². The summed E-state index contributed by atoms with van der Waals surface area (Å²) in [7, 11) is 1.40. The second-order valence-electron chi connectivity index (χ2n) is 7.01. The second-order valence-corrected chi connectivity index (χ2v) is 7.92. The Kier molecular flexibility index (Phi) is 4.64. The molecule has 0 spiro atoms. The summed E-state index contributed by atoms with van der Waals surface area (Å²) < 4.78 is 12.1. The molecule has 5 aromatic rings. The van der Waals surface area contributed by atoms with Crippen LogP contribution in [0, 0.1) is 0 Å². The summed E-state index contributed by atoms with van der Waals surface area (Å²) in [5.41, 5.74) is 5.94. The van der Waals surface area contributed by atoms with Crippen molar-refractivity contribution in [2.75, 3.05) is 7.11 Å². The first kappa shape index (κ1) is 18.6. The van der Waals surface area contributed by atoms with Gasteiger partial charge in [-0.3, -0.25) is 0 Å². The number of benzene rings is 4. The zero-order valence-corrected chi connectivity index (χ0v) is 17.8. The summed E-state index contributed by atoms with van der Waals surface area (Å²) in [5.74, 6) is -0.372. The number of furan rings is 1.